The standard InChI is InChI=1S/C18H29FN2/c1-3-4-12-21(2)18-13-15(10-11-17(18)19)14-20-16-8-6-5-7-9-16/h10-11,13,16,20H,3-9,12,14H2,1-2H3. The van der Waals surface area contributed by atoms with E-state index in [0.717, 1.165) is 31.6 Å². The van der Waals surface area contributed by atoms with Crippen LogP contribution in [0.4, 0.5) is 10.1 Å². The van der Waals surface area contributed by atoms with Crippen LogP contribution in [-0.4, -0.2) is 19.6 Å². The van der Waals surface area contributed by atoms with Crippen molar-refractivity contribution in [2.75, 3.05) is 18.5 Å². The van der Waals surface area contributed by atoms with Crippen molar-refractivity contribution >= 4 is 5.69 Å². The summed E-state index contributed by atoms with van der Waals surface area (Å²) in [6, 6.07) is 6.16. The van der Waals surface area contributed by atoms with Crippen molar-refractivity contribution in [3.63, 3.8) is 0 Å². The second-order valence-electron chi connectivity index (χ2n) is 6.28. The van der Waals surface area contributed by atoms with E-state index in [4.69, 9.17) is 0 Å². The average Bonchev–Trinajstić information content (AvgIpc) is 2.52. The van der Waals surface area contributed by atoms with Gasteiger partial charge in [0.2, 0.25) is 0 Å². The first-order valence-corrected chi connectivity index (χ1v) is 8.43. The maximum atomic E-state index is 14.0. The van der Waals surface area contributed by atoms with Crippen LogP contribution in [0, 0.1) is 5.82 Å². The van der Waals surface area contributed by atoms with Crippen molar-refractivity contribution in [3.05, 3.63) is 29.6 Å². The van der Waals surface area contributed by atoms with E-state index in [0.29, 0.717) is 6.04 Å². The fraction of sp³-hybridized carbons (Fsp3) is 0.667. The third kappa shape index (κ3) is 4.99. The fourth-order valence-electron chi connectivity index (χ4n) is 3.05. The van der Waals surface area contributed by atoms with Crippen LogP contribution in [0.2, 0.25) is 0 Å². The predicted molar refractivity (Wildman–Crippen MR) is 88.3 cm³/mol. The molecule has 1 aromatic rings. The van der Waals surface area contributed by atoms with Crippen LogP contribution in [0.1, 0.15) is 57.4 Å². The smallest absolute Gasteiger partial charge is 0.146 e. The van der Waals surface area contributed by atoms with Gasteiger partial charge in [-0.15, -0.1) is 0 Å². The van der Waals surface area contributed by atoms with E-state index >= 15 is 0 Å². The molecule has 1 aromatic carbocycles. The first-order chi connectivity index (χ1) is 10.2. The Kier molecular flexibility index (Phi) is 6.50. The highest BCUT2D eigenvalue weighted by molar-refractivity contribution is 5.49. The van der Waals surface area contributed by atoms with Gasteiger partial charge in [-0.05, 0) is 37.0 Å². The van der Waals surface area contributed by atoms with Gasteiger partial charge in [0.25, 0.3) is 0 Å². The second-order valence-corrected chi connectivity index (χ2v) is 6.28. The summed E-state index contributed by atoms with van der Waals surface area (Å²) in [5.41, 5.74) is 1.91. The minimum Gasteiger partial charge on any atom is -0.372 e. The first kappa shape index (κ1) is 16.3. The summed E-state index contributed by atoms with van der Waals surface area (Å²) in [5.74, 6) is -0.116. The van der Waals surface area contributed by atoms with E-state index in [1.807, 2.05) is 24.1 Å². The third-order valence-electron chi connectivity index (χ3n) is 4.47. The maximum Gasteiger partial charge on any atom is 0.146 e. The molecule has 2 nitrogen and oxygen atoms in total. The molecule has 0 radical (unpaired) electrons. The Labute approximate surface area is 128 Å². The van der Waals surface area contributed by atoms with Gasteiger partial charge in [-0.2, -0.15) is 0 Å². The molecule has 1 saturated carbocycles. The summed E-state index contributed by atoms with van der Waals surface area (Å²) in [6.07, 6.45) is 8.85. The van der Waals surface area contributed by atoms with Crippen LogP contribution < -0.4 is 10.2 Å². The molecule has 3 heteroatoms. The lowest BCUT2D eigenvalue weighted by Crippen LogP contribution is -2.30. The van der Waals surface area contributed by atoms with Crippen molar-refractivity contribution < 1.29 is 4.39 Å². The van der Waals surface area contributed by atoms with E-state index in [2.05, 4.69) is 12.2 Å². The summed E-state index contributed by atoms with van der Waals surface area (Å²) in [4.78, 5) is 2.03. The number of nitrogens with zero attached hydrogens (tertiary/aromatic N) is 1. The number of unbranched alkanes of at least 4 members (excludes halogenated alkanes) is 1. The molecule has 1 aliphatic carbocycles. The Morgan fingerprint density at radius 3 is 2.71 bits per heavy atom. The van der Waals surface area contributed by atoms with E-state index in [1.54, 1.807) is 6.07 Å². The number of rotatable bonds is 7. The molecule has 1 aliphatic rings. The third-order valence-corrected chi connectivity index (χ3v) is 4.47. The molecule has 118 valence electrons. The molecule has 0 bridgehead atoms. The van der Waals surface area contributed by atoms with Crippen LogP contribution in [0.15, 0.2) is 18.2 Å². The number of hydrogen-bond donors (Lipinski definition) is 1. The lowest BCUT2D eigenvalue weighted by Gasteiger charge is -2.24. The molecule has 21 heavy (non-hydrogen) atoms. The normalized spacial score (nSPS) is 16.1. The lowest BCUT2D eigenvalue weighted by atomic mass is 9.95. The van der Waals surface area contributed by atoms with Gasteiger partial charge >= 0.3 is 0 Å². The van der Waals surface area contributed by atoms with Crippen molar-refractivity contribution in [2.24, 2.45) is 0 Å². The number of benzene rings is 1. The van der Waals surface area contributed by atoms with Gasteiger partial charge in [0, 0.05) is 26.2 Å². The summed E-state index contributed by atoms with van der Waals surface area (Å²) in [7, 11) is 1.98. The molecular weight excluding hydrogens is 263 g/mol. The Bertz CT molecular complexity index is 427. The number of nitrogens with one attached hydrogen (secondary N) is 1. The molecule has 1 fully saturated rings. The van der Waals surface area contributed by atoms with Gasteiger partial charge in [0.1, 0.15) is 5.82 Å². The second kappa shape index (κ2) is 8.38. The SMILES string of the molecule is CCCCN(C)c1cc(CNC2CCCCC2)ccc1F. The van der Waals surface area contributed by atoms with Gasteiger partial charge in [0.05, 0.1) is 5.69 Å². The summed E-state index contributed by atoms with van der Waals surface area (Å²) < 4.78 is 14.0. The zero-order valence-electron chi connectivity index (χ0n) is 13.5. The summed E-state index contributed by atoms with van der Waals surface area (Å²) in [5, 5.41) is 3.63. The first-order valence-electron chi connectivity index (χ1n) is 8.43. The number of hydrogen-bond acceptors (Lipinski definition) is 2. The lowest BCUT2D eigenvalue weighted by molar-refractivity contribution is 0.372. The molecule has 0 heterocycles. The molecule has 0 aromatic heterocycles. The Hall–Kier alpha value is -1.09. The van der Waals surface area contributed by atoms with Crippen LogP contribution in [0.25, 0.3) is 0 Å². The van der Waals surface area contributed by atoms with Gasteiger partial charge in [-0.25, -0.2) is 4.39 Å². The highest BCUT2D eigenvalue weighted by atomic mass is 19.1. The monoisotopic (exact) mass is 292 g/mol. The molecule has 0 saturated heterocycles. The predicted octanol–water partition coefficient (Wildman–Crippen LogP) is 4.48. The zero-order chi connectivity index (χ0) is 15.1. The van der Waals surface area contributed by atoms with Crippen molar-refractivity contribution in [1.29, 1.82) is 0 Å². The molecule has 0 amide bonds. The molecule has 0 aliphatic heterocycles. The topological polar surface area (TPSA) is 15.3 Å². The van der Waals surface area contributed by atoms with E-state index in [9.17, 15) is 4.39 Å². The van der Waals surface area contributed by atoms with Crippen molar-refractivity contribution in [1.82, 2.24) is 5.32 Å². The van der Waals surface area contributed by atoms with Crippen LogP contribution in [-0.2, 0) is 6.54 Å². The quantitative estimate of drug-likeness (QED) is 0.797. The highest BCUT2D eigenvalue weighted by Gasteiger charge is 2.13. The zero-order valence-corrected chi connectivity index (χ0v) is 13.5. The minimum absolute atomic E-state index is 0.116. The van der Waals surface area contributed by atoms with Crippen LogP contribution >= 0.6 is 0 Å². The fourth-order valence-corrected chi connectivity index (χ4v) is 3.05. The van der Waals surface area contributed by atoms with Gasteiger partial charge in [-0.3, -0.25) is 0 Å². The molecule has 2 rings (SSSR count). The molecule has 1 N–H and O–H groups in total. The van der Waals surface area contributed by atoms with Gasteiger partial charge in [-0.1, -0.05) is 38.7 Å². The molecule has 0 spiro atoms. The van der Waals surface area contributed by atoms with Crippen molar-refractivity contribution in [2.45, 2.75) is 64.5 Å². The van der Waals surface area contributed by atoms with Crippen LogP contribution in [0.5, 0.6) is 0 Å². The van der Waals surface area contributed by atoms with E-state index in [1.165, 1.54) is 37.7 Å². The van der Waals surface area contributed by atoms with Gasteiger partial charge < -0.3 is 10.2 Å². The van der Waals surface area contributed by atoms with Gasteiger partial charge in [0.15, 0.2) is 0 Å². The number of anilines is 1. The Morgan fingerprint density at radius 2 is 2.00 bits per heavy atom. The van der Waals surface area contributed by atoms with E-state index in [-0.39, 0.29) is 5.82 Å². The average molecular weight is 292 g/mol. The minimum atomic E-state index is -0.116. The maximum absolute atomic E-state index is 14.0. The Balaban J connectivity index is 1.93. The van der Waals surface area contributed by atoms with Crippen LogP contribution in [0.3, 0.4) is 0 Å². The molecule has 0 atom stereocenters. The highest BCUT2D eigenvalue weighted by Crippen LogP contribution is 2.22. The Morgan fingerprint density at radius 1 is 1.24 bits per heavy atom. The summed E-state index contributed by atoms with van der Waals surface area (Å²) >= 11 is 0. The number of halogens is 1. The van der Waals surface area contributed by atoms with Crippen molar-refractivity contribution in [3.8, 4) is 0 Å². The molecular formula is C18H29FN2. The van der Waals surface area contributed by atoms with E-state index < -0.39 is 0 Å². The largest absolute Gasteiger partial charge is 0.372 e. The summed E-state index contributed by atoms with van der Waals surface area (Å²) in [6.45, 7) is 3.92. The molecule has 0 unspecified atom stereocenters.